The Hall–Kier alpha value is -1.09. The fourth-order valence-electron chi connectivity index (χ4n) is 1.53. The van der Waals surface area contributed by atoms with E-state index in [9.17, 15) is 4.39 Å². The van der Waals surface area contributed by atoms with E-state index < -0.39 is 0 Å². The van der Waals surface area contributed by atoms with E-state index >= 15 is 0 Å². The van der Waals surface area contributed by atoms with Gasteiger partial charge in [0.15, 0.2) is 5.82 Å². The molecule has 4 heteroatoms. The number of rotatable bonds is 1. The molecule has 2 aromatic rings. The molecule has 14 heavy (non-hydrogen) atoms. The summed E-state index contributed by atoms with van der Waals surface area (Å²) in [5.41, 5.74) is 1.87. The van der Waals surface area contributed by atoms with Crippen LogP contribution in [0.5, 0.6) is 0 Å². The number of nitrogens with zero attached hydrogens (tertiary/aromatic N) is 2. The van der Waals surface area contributed by atoms with Crippen LogP contribution in [0.4, 0.5) is 4.39 Å². The van der Waals surface area contributed by atoms with Crippen molar-refractivity contribution >= 4 is 22.6 Å². The summed E-state index contributed by atoms with van der Waals surface area (Å²) in [7, 11) is 0. The highest BCUT2D eigenvalue weighted by Crippen LogP contribution is 2.27. The minimum absolute atomic E-state index is 0.188. The summed E-state index contributed by atoms with van der Waals surface area (Å²) >= 11 is 5.83. The zero-order valence-corrected chi connectivity index (χ0v) is 8.77. The number of fused-ring (bicyclic) bond motifs is 1. The van der Waals surface area contributed by atoms with Crippen LogP contribution in [-0.2, 0) is 6.54 Å². The summed E-state index contributed by atoms with van der Waals surface area (Å²) < 4.78 is 15.5. The Morgan fingerprint density at radius 2 is 2.29 bits per heavy atom. The lowest BCUT2D eigenvalue weighted by molar-refractivity contribution is 0.625. The molecule has 0 saturated carbocycles. The molecule has 0 N–H and O–H groups in total. The van der Waals surface area contributed by atoms with E-state index in [0.717, 1.165) is 5.56 Å². The van der Waals surface area contributed by atoms with Crippen molar-refractivity contribution in [3.8, 4) is 0 Å². The maximum Gasteiger partial charge on any atom is 0.167 e. The predicted molar refractivity (Wildman–Crippen MR) is 55.1 cm³/mol. The Morgan fingerprint density at radius 3 is 2.93 bits per heavy atom. The Balaban J connectivity index is 2.88. The minimum Gasteiger partial charge on any atom is -0.328 e. The van der Waals surface area contributed by atoms with E-state index in [1.807, 2.05) is 6.92 Å². The summed E-state index contributed by atoms with van der Waals surface area (Å²) in [5.74, 6) is -0.374. The number of aromatic nitrogens is 2. The van der Waals surface area contributed by atoms with Crippen LogP contribution in [0.3, 0.4) is 0 Å². The molecule has 0 fully saturated rings. The summed E-state index contributed by atoms with van der Waals surface area (Å²) in [5, 5.41) is 0.188. The summed E-state index contributed by atoms with van der Waals surface area (Å²) in [6, 6.07) is 1.80. The van der Waals surface area contributed by atoms with E-state index in [-0.39, 0.29) is 10.8 Å². The Labute approximate surface area is 86.3 Å². The number of hydrogen-bond acceptors (Lipinski definition) is 1. The van der Waals surface area contributed by atoms with Crippen molar-refractivity contribution in [1.82, 2.24) is 9.55 Å². The molecule has 1 heterocycles. The van der Waals surface area contributed by atoms with Crippen molar-refractivity contribution in [1.29, 1.82) is 0 Å². The van der Waals surface area contributed by atoms with Crippen LogP contribution < -0.4 is 0 Å². The van der Waals surface area contributed by atoms with Gasteiger partial charge in [-0.2, -0.15) is 0 Å². The van der Waals surface area contributed by atoms with Crippen molar-refractivity contribution in [2.75, 3.05) is 0 Å². The van der Waals surface area contributed by atoms with E-state index in [4.69, 9.17) is 11.6 Å². The highest BCUT2D eigenvalue weighted by molar-refractivity contribution is 6.32. The smallest absolute Gasteiger partial charge is 0.167 e. The van der Waals surface area contributed by atoms with Crippen molar-refractivity contribution in [3.05, 3.63) is 28.8 Å². The van der Waals surface area contributed by atoms with Crippen molar-refractivity contribution < 1.29 is 4.39 Å². The van der Waals surface area contributed by atoms with Crippen LogP contribution in [0.2, 0.25) is 5.02 Å². The molecule has 1 aromatic heterocycles. The van der Waals surface area contributed by atoms with Gasteiger partial charge in [0.2, 0.25) is 0 Å². The number of halogens is 2. The monoisotopic (exact) mass is 212 g/mol. The van der Waals surface area contributed by atoms with Gasteiger partial charge >= 0.3 is 0 Å². The molecule has 0 spiro atoms. The van der Waals surface area contributed by atoms with Gasteiger partial charge < -0.3 is 4.57 Å². The Morgan fingerprint density at radius 1 is 1.57 bits per heavy atom. The van der Waals surface area contributed by atoms with Crippen molar-refractivity contribution in [2.45, 2.75) is 20.4 Å². The van der Waals surface area contributed by atoms with Crippen LogP contribution in [-0.4, -0.2) is 9.55 Å². The first-order chi connectivity index (χ1) is 6.65. The van der Waals surface area contributed by atoms with Gasteiger partial charge in [0.05, 0.1) is 16.9 Å². The first-order valence-electron chi connectivity index (χ1n) is 4.44. The Kier molecular flexibility index (Phi) is 2.19. The lowest BCUT2D eigenvalue weighted by Crippen LogP contribution is -1.95. The largest absolute Gasteiger partial charge is 0.328 e. The molecule has 74 valence electrons. The maximum absolute atomic E-state index is 13.7. The third-order valence-corrected chi connectivity index (χ3v) is 2.77. The standard InChI is InChI=1S/C10H10ClFN2/c1-3-14-5-13-7-4-6(2)8(11)9(12)10(7)14/h4-5H,3H2,1-2H3. The molecular formula is C10H10ClFN2. The van der Waals surface area contributed by atoms with Gasteiger partial charge in [-0.15, -0.1) is 0 Å². The topological polar surface area (TPSA) is 17.8 Å². The molecule has 0 bridgehead atoms. The quantitative estimate of drug-likeness (QED) is 0.710. The SMILES string of the molecule is CCn1cnc2cc(C)c(Cl)c(F)c21. The van der Waals surface area contributed by atoms with Gasteiger partial charge in [0, 0.05) is 6.54 Å². The summed E-state index contributed by atoms with van der Waals surface area (Å²) in [4.78, 5) is 4.12. The fraction of sp³-hybridized carbons (Fsp3) is 0.300. The normalized spacial score (nSPS) is 11.1. The molecule has 2 nitrogen and oxygen atoms in total. The van der Waals surface area contributed by atoms with E-state index in [1.165, 1.54) is 0 Å². The van der Waals surface area contributed by atoms with Crippen LogP contribution in [0.25, 0.3) is 11.0 Å². The predicted octanol–water partition coefficient (Wildman–Crippen LogP) is 3.16. The maximum atomic E-state index is 13.7. The number of benzene rings is 1. The molecule has 2 rings (SSSR count). The number of imidazole rings is 1. The van der Waals surface area contributed by atoms with Crippen LogP contribution in [0.15, 0.2) is 12.4 Å². The molecule has 0 radical (unpaired) electrons. The van der Waals surface area contributed by atoms with E-state index in [1.54, 1.807) is 23.9 Å². The van der Waals surface area contributed by atoms with Gasteiger partial charge in [-0.05, 0) is 25.5 Å². The van der Waals surface area contributed by atoms with Crippen molar-refractivity contribution in [2.24, 2.45) is 0 Å². The van der Waals surface area contributed by atoms with Gasteiger partial charge in [-0.3, -0.25) is 0 Å². The van der Waals surface area contributed by atoms with E-state index in [2.05, 4.69) is 4.98 Å². The Bertz CT molecular complexity index is 490. The second kappa shape index (κ2) is 3.24. The molecule has 0 aliphatic rings. The van der Waals surface area contributed by atoms with Crippen LogP contribution in [0, 0.1) is 12.7 Å². The fourth-order valence-corrected chi connectivity index (χ4v) is 1.67. The van der Waals surface area contributed by atoms with Gasteiger partial charge in [-0.1, -0.05) is 11.6 Å². The lowest BCUT2D eigenvalue weighted by Gasteiger charge is -2.03. The molecule has 0 saturated heterocycles. The second-order valence-electron chi connectivity index (χ2n) is 3.22. The second-order valence-corrected chi connectivity index (χ2v) is 3.60. The zero-order valence-electron chi connectivity index (χ0n) is 8.01. The minimum atomic E-state index is -0.374. The average Bonchev–Trinajstić information content (AvgIpc) is 2.57. The average molecular weight is 213 g/mol. The van der Waals surface area contributed by atoms with Gasteiger partial charge in [0.1, 0.15) is 5.52 Å². The third-order valence-electron chi connectivity index (χ3n) is 2.31. The molecule has 1 aromatic carbocycles. The summed E-state index contributed by atoms with van der Waals surface area (Å²) in [6.45, 7) is 4.40. The highest BCUT2D eigenvalue weighted by atomic mass is 35.5. The molecule has 0 aliphatic heterocycles. The van der Waals surface area contributed by atoms with Gasteiger partial charge in [-0.25, -0.2) is 9.37 Å². The van der Waals surface area contributed by atoms with Crippen LogP contribution >= 0.6 is 11.6 Å². The first-order valence-corrected chi connectivity index (χ1v) is 4.82. The lowest BCUT2D eigenvalue weighted by atomic mass is 10.2. The summed E-state index contributed by atoms with van der Waals surface area (Å²) in [6.07, 6.45) is 1.63. The van der Waals surface area contributed by atoms with Crippen LogP contribution in [0.1, 0.15) is 12.5 Å². The number of aryl methyl sites for hydroxylation is 2. The number of hydrogen-bond donors (Lipinski definition) is 0. The molecule has 0 unspecified atom stereocenters. The van der Waals surface area contributed by atoms with Crippen molar-refractivity contribution in [3.63, 3.8) is 0 Å². The highest BCUT2D eigenvalue weighted by Gasteiger charge is 2.13. The molecule has 0 amide bonds. The molecular weight excluding hydrogens is 203 g/mol. The first kappa shape index (κ1) is 9.46. The van der Waals surface area contributed by atoms with Gasteiger partial charge in [0.25, 0.3) is 0 Å². The molecule has 0 aliphatic carbocycles. The zero-order chi connectivity index (χ0) is 10.3. The third kappa shape index (κ3) is 1.20. The van der Waals surface area contributed by atoms with E-state index in [0.29, 0.717) is 17.6 Å². The molecule has 0 atom stereocenters.